The largest absolute Gasteiger partial charge is 0.343 e. The second-order valence-electron chi connectivity index (χ2n) is 7.33. The first-order valence-corrected chi connectivity index (χ1v) is 10.2. The number of carbonyl (C=O) groups excluding carboxylic acids is 2. The van der Waals surface area contributed by atoms with E-state index in [9.17, 15) is 9.59 Å². The smallest absolute Gasteiger partial charge is 0.339 e. The molecule has 1 aliphatic carbocycles. The molecule has 6 nitrogen and oxygen atoms in total. The van der Waals surface area contributed by atoms with Crippen molar-refractivity contribution in [1.82, 2.24) is 10.7 Å². The maximum absolute atomic E-state index is 12.7. The van der Waals surface area contributed by atoms with Gasteiger partial charge >= 0.3 is 6.03 Å². The third-order valence-corrected chi connectivity index (χ3v) is 5.26. The molecule has 3 aromatic carbocycles. The molecule has 0 saturated carbocycles. The van der Waals surface area contributed by atoms with Crippen LogP contribution in [0.15, 0.2) is 77.9 Å². The highest BCUT2D eigenvalue weighted by molar-refractivity contribution is 6.31. The summed E-state index contributed by atoms with van der Waals surface area (Å²) in [6.45, 7) is 1.98. The topological polar surface area (TPSA) is 82.6 Å². The predicted octanol–water partition coefficient (Wildman–Crippen LogP) is 4.53. The number of fused-ring (bicyclic) bond motifs is 1. The van der Waals surface area contributed by atoms with E-state index in [1.54, 1.807) is 24.3 Å². The number of hydrazone groups is 1. The molecule has 0 heterocycles. The summed E-state index contributed by atoms with van der Waals surface area (Å²) in [4.78, 5) is 25.1. The predicted molar refractivity (Wildman–Crippen MR) is 123 cm³/mol. The minimum absolute atomic E-state index is 0.253. The quantitative estimate of drug-likeness (QED) is 0.529. The molecule has 1 atom stereocenters. The van der Waals surface area contributed by atoms with Gasteiger partial charge in [-0.2, -0.15) is 5.10 Å². The van der Waals surface area contributed by atoms with Gasteiger partial charge in [0.15, 0.2) is 0 Å². The van der Waals surface area contributed by atoms with Crippen LogP contribution in [0.5, 0.6) is 0 Å². The van der Waals surface area contributed by atoms with E-state index in [0.717, 1.165) is 16.7 Å². The van der Waals surface area contributed by atoms with E-state index < -0.39 is 6.03 Å². The summed E-state index contributed by atoms with van der Waals surface area (Å²) in [6, 6.07) is 21.2. The van der Waals surface area contributed by atoms with Crippen LogP contribution in [-0.4, -0.2) is 23.7 Å². The molecule has 31 heavy (non-hydrogen) atoms. The van der Waals surface area contributed by atoms with Crippen LogP contribution in [0.1, 0.15) is 27.0 Å². The summed E-state index contributed by atoms with van der Waals surface area (Å²) in [6.07, 6.45) is 0.586. The Bertz CT molecular complexity index is 1160. The summed E-state index contributed by atoms with van der Waals surface area (Å²) in [5.74, 6) is -0.253. The zero-order valence-corrected chi connectivity index (χ0v) is 17.6. The Morgan fingerprint density at radius 2 is 1.77 bits per heavy atom. The van der Waals surface area contributed by atoms with Crippen LogP contribution in [-0.2, 0) is 6.42 Å². The van der Waals surface area contributed by atoms with Crippen LogP contribution >= 0.6 is 11.6 Å². The maximum atomic E-state index is 12.7. The van der Waals surface area contributed by atoms with Crippen LogP contribution < -0.4 is 16.1 Å². The Kier molecular flexibility index (Phi) is 6.00. The number of rotatable bonds is 4. The van der Waals surface area contributed by atoms with E-state index in [2.05, 4.69) is 21.2 Å². The van der Waals surface area contributed by atoms with Crippen molar-refractivity contribution in [3.63, 3.8) is 0 Å². The average Bonchev–Trinajstić information content (AvgIpc) is 3.11. The van der Waals surface area contributed by atoms with Crippen molar-refractivity contribution in [3.8, 4) is 0 Å². The second kappa shape index (κ2) is 9.02. The lowest BCUT2D eigenvalue weighted by Gasteiger charge is -2.14. The Morgan fingerprint density at radius 1 is 1.00 bits per heavy atom. The van der Waals surface area contributed by atoms with Gasteiger partial charge in [-0.3, -0.25) is 4.79 Å². The van der Waals surface area contributed by atoms with E-state index in [-0.39, 0.29) is 11.9 Å². The molecular formula is C24H21ClN4O2. The van der Waals surface area contributed by atoms with Gasteiger partial charge in [-0.1, -0.05) is 59.6 Å². The van der Waals surface area contributed by atoms with Crippen LogP contribution in [0.3, 0.4) is 0 Å². The van der Waals surface area contributed by atoms with E-state index in [1.807, 2.05) is 55.5 Å². The molecule has 3 N–H and O–H groups in total. The Labute approximate surface area is 185 Å². The molecule has 7 heteroatoms. The van der Waals surface area contributed by atoms with Crippen molar-refractivity contribution in [1.29, 1.82) is 0 Å². The number of carbonyl (C=O) groups is 2. The number of urea groups is 1. The van der Waals surface area contributed by atoms with Crippen LogP contribution in [0, 0.1) is 6.92 Å². The molecule has 0 saturated heterocycles. The fraction of sp³-hybridized carbons (Fsp3) is 0.125. The number of benzene rings is 3. The zero-order chi connectivity index (χ0) is 21.8. The lowest BCUT2D eigenvalue weighted by molar-refractivity contribution is 0.0947. The molecular weight excluding hydrogens is 412 g/mol. The van der Waals surface area contributed by atoms with Crippen LogP contribution in [0.2, 0.25) is 5.02 Å². The Hall–Kier alpha value is -3.64. The third-order valence-electron chi connectivity index (χ3n) is 5.03. The van der Waals surface area contributed by atoms with Gasteiger partial charge in [0.2, 0.25) is 0 Å². The van der Waals surface area contributed by atoms with E-state index in [0.29, 0.717) is 28.4 Å². The summed E-state index contributed by atoms with van der Waals surface area (Å²) < 4.78 is 0. The first kappa shape index (κ1) is 20.6. The van der Waals surface area contributed by atoms with Crippen molar-refractivity contribution in [3.05, 3.63) is 100 Å². The van der Waals surface area contributed by atoms with Gasteiger partial charge in [-0.25, -0.2) is 10.2 Å². The fourth-order valence-corrected chi connectivity index (χ4v) is 3.68. The molecule has 4 rings (SSSR count). The lowest BCUT2D eigenvalue weighted by atomic mass is 10.1. The van der Waals surface area contributed by atoms with Crippen molar-refractivity contribution in [2.45, 2.75) is 19.4 Å². The minimum atomic E-state index is -0.458. The van der Waals surface area contributed by atoms with Crippen molar-refractivity contribution in [2.75, 3.05) is 5.32 Å². The van der Waals surface area contributed by atoms with Crippen molar-refractivity contribution in [2.24, 2.45) is 5.10 Å². The summed E-state index contributed by atoms with van der Waals surface area (Å²) in [5.41, 5.74) is 7.34. The number of amides is 3. The fourth-order valence-electron chi connectivity index (χ4n) is 3.49. The third kappa shape index (κ3) is 4.92. The van der Waals surface area contributed by atoms with Crippen LogP contribution in [0.4, 0.5) is 10.5 Å². The van der Waals surface area contributed by atoms with Crippen molar-refractivity contribution < 1.29 is 9.59 Å². The standard InChI is InChI=1S/C24H21ClN4O2/c1-15-9-11-19(12-10-15)26-24(31)29-28-22-20-8-3-2-5-16(20)14-21(22)27-23(30)17-6-4-7-18(25)13-17/h2-13,21H,14H2,1H3,(H,27,30)(H2,26,29,31)/b28-22+. The van der Waals surface area contributed by atoms with Gasteiger partial charge in [0.1, 0.15) is 0 Å². The molecule has 1 unspecified atom stereocenters. The molecule has 3 aromatic rings. The summed E-state index contributed by atoms with van der Waals surface area (Å²) in [7, 11) is 0. The van der Waals surface area contributed by atoms with Gasteiger partial charge in [-0.05, 0) is 49.2 Å². The zero-order valence-electron chi connectivity index (χ0n) is 16.9. The van der Waals surface area contributed by atoms with E-state index in [4.69, 9.17) is 11.6 Å². The summed E-state index contributed by atoms with van der Waals surface area (Å²) >= 11 is 6.01. The first-order valence-electron chi connectivity index (χ1n) is 9.85. The number of anilines is 1. The highest BCUT2D eigenvalue weighted by Gasteiger charge is 2.30. The van der Waals surface area contributed by atoms with Gasteiger partial charge in [0, 0.05) is 21.8 Å². The lowest BCUT2D eigenvalue weighted by Crippen LogP contribution is -2.40. The number of aryl methyl sites for hydroxylation is 1. The molecule has 3 amide bonds. The van der Waals surface area contributed by atoms with Gasteiger partial charge in [0.25, 0.3) is 5.91 Å². The first-order chi connectivity index (χ1) is 15.0. The molecule has 0 radical (unpaired) electrons. The van der Waals surface area contributed by atoms with E-state index in [1.165, 1.54) is 0 Å². The van der Waals surface area contributed by atoms with E-state index >= 15 is 0 Å². The number of hydrogen-bond acceptors (Lipinski definition) is 3. The molecule has 1 aliphatic rings. The molecule has 0 spiro atoms. The highest BCUT2D eigenvalue weighted by atomic mass is 35.5. The molecule has 0 fully saturated rings. The average molecular weight is 433 g/mol. The highest BCUT2D eigenvalue weighted by Crippen LogP contribution is 2.23. The normalized spacial score (nSPS) is 15.9. The van der Waals surface area contributed by atoms with Crippen molar-refractivity contribution >= 4 is 34.9 Å². The molecule has 0 aliphatic heterocycles. The van der Waals surface area contributed by atoms with Gasteiger partial charge in [-0.15, -0.1) is 0 Å². The SMILES string of the molecule is Cc1ccc(NC(=O)N/N=C2\c3ccccc3CC2NC(=O)c2cccc(Cl)c2)cc1. The monoisotopic (exact) mass is 432 g/mol. The van der Waals surface area contributed by atoms with Gasteiger partial charge < -0.3 is 10.6 Å². The van der Waals surface area contributed by atoms with Crippen LogP contribution in [0.25, 0.3) is 0 Å². The molecule has 0 aromatic heterocycles. The number of nitrogens with zero attached hydrogens (tertiary/aromatic N) is 1. The number of nitrogens with one attached hydrogen (secondary N) is 3. The molecule has 0 bridgehead atoms. The Morgan fingerprint density at radius 3 is 2.55 bits per heavy atom. The second-order valence-corrected chi connectivity index (χ2v) is 7.76. The Balaban J connectivity index is 1.51. The maximum Gasteiger partial charge on any atom is 0.339 e. The number of halogens is 1. The minimum Gasteiger partial charge on any atom is -0.343 e. The summed E-state index contributed by atoms with van der Waals surface area (Å²) in [5, 5.41) is 10.6. The van der Waals surface area contributed by atoms with Gasteiger partial charge in [0.05, 0.1) is 11.8 Å². The number of hydrogen-bond donors (Lipinski definition) is 3. The molecule has 156 valence electrons.